The van der Waals surface area contributed by atoms with E-state index in [0.717, 1.165) is 11.3 Å². The molecule has 2 aromatic carbocycles. The molecule has 134 valence electrons. The van der Waals surface area contributed by atoms with Crippen LogP contribution in [0, 0.1) is 0 Å². The number of amides is 1. The molecule has 0 fully saturated rings. The Balaban J connectivity index is 1.72. The second kappa shape index (κ2) is 8.08. The zero-order valence-corrected chi connectivity index (χ0v) is 14.9. The summed E-state index contributed by atoms with van der Waals surface area (Å²) in [4.78, 5) is 12.3. The number of hydrogen-bond acceptors (Lipinski definition) is 4. The summed E-state index contributed by atoms with van der Waals surface area (Å²) in [5, 5.41) is 12.5. The van der Waals surface area contributed by atoms with E-state index in [1.54, 1.807) is 37.4 Å². The van der Waals surface area contributed by atoms with Gasteiger partial charge in [-0.3, -0.25) is 4.79 Å². The zero-order chi connectivity index (χ0) is 18.5. The summed E-state index contributed by atoms with van der Waals surface area (Å²) in [6.07, 6.45) is 0.247. The maximum absolute atomic E-state index is 12.3. The number of aliphatic hydroxyl groups excluding tert-OH is 1. The maximum Gasteiger partial charge on any atom is 0.228 e. The summed E-state index contributed by atoms with van der Waals surface area (Å²) in [5.74, 6) is 1.59. The summed E-state index contributed by atoms with van der Waals surface area (Å²) in [6, 6.07) is 15.9. The number of benzene rings is 2. The van der Waals surface area contributed by atoms with Gasteiger partial charge in [-0.05, 0) is 48.0 Å². The highest BCUT2D eigenvalue weighted by Gasteiger charge is 2.11. The van der Waals surface area contributed by atoms with Crippen molar-refractivity contribution in [1.82, 2.24) is 0 Å². The fraction of sp³-hybridized carbons (Fsp3) is 0.150. The lowest BCUT2D eigenvalue weighted by molar-refractivity contribution is -0.115. The SMILES string of the molecule is COc1ccc(CC(=O)Nc2ccc(Cl)c(-c3ccc(CO)o3)c2)cc1. The minimum Gasteiger partial charge on any atom is -0.497 e. The molecule has 0 unspecified atom stereocenters. The lowest BCUT2D eigenvalue weighted by Gasteiger charge is -2.09. The summed E-state index contributed by atoms with van der Waals surface area (Å²) >= 11 is 6.23. The molecular weight excluding hydrogens is 354 g/mol. The van der Waals surface area contributed by atoms with E-state index in [1.165, 1.54) is 0 Å². The van der Waals surface area contributed by atoms with Crippen molar-refractivity contribution >= 4 is 23.2 Å². The van der Waals surface area contributed by atoms with E-state index in [0.29, 0.717) is 27.8 Å². The summed E-state index contributed by atoms with van der Waals surface area (Å²) in [7, 11) is 1.60. The maximum atomic E-state index is 12.3. The monoisotopic (exact) mass is 371 g/mol. The number of furan rings is 1. The first kappa shape index (κ1) is 18.0. The minimum absolute atomic E-state index is 0.140. The molecule has 0 saturated heterocycles. The Morgan fingerprint density at radius 1 is 1.15 bits per heavy atom. The van der Waals surface area contributed by atoms with Crippen LogP contribution in [-0.2, 0) is 17.8 Å². The van der Waals surface area contributed by atoms with Crippen molar-refractivity contribution in [3.05, 3.63) is 70.9 Å². The van der Waals surface area contributed by atoms with Crippen LogP contribution in [0.25, 0.3) is 11.3 Å². The van der Waals surface area contributed by atoms with Gasteiger partial charge in [0.2, 0.25) is 5.91 Å². The van der Waals surface area contributed by atoms with Crippen molar-refractivity contribution in [1.29, 1.82) is 0 Å². The molecule has 0 bridgehead atoms. The topological polar surface area (TPSA) is 71.7 Å². The third-order valence-corrected chi connectivity index (χ3v) is 4.19. The third-order valence-electron chi connectivity index (χ3n) is 3.86. The van der Waals surface area contributed by atoms with Crippen molar-refractivity contribution < 1.29 is 19.1 Å². The Labute approximate surface area is 156 Å². The van der Waals surface area contributed by atoms with Crippen LogP contribution in [0.3, 0.4) is 0 Å². The van der Waals surface area contributed by atoms with E-state index in [4.69, 9.17) is 25.9 Å². The molecule has 1 heterocycles. The molecule has 1 amide bonds. The number of methoxy groups -OCH3 is 1. The quantitative estimate of drug-likeness (QED) is 0.678. The molecule has 5 nitrogen and oxygen atoms in total. The Bertz CT molecular complexity index is 902. The third kappa shape index (κ3) is 4.25. The molecule has 26 heavy (non-hydrogen) atoms. The highest BCUT2D eigenvalue weighted by Crippen LogP contribution is 2.32. The van der Waals surface area contributed by atoms with Gasteiger partial charge >= 0.3 is 0 Å². The van der Waals surface area contributed by atoms with Gasteiger partial charge in [0.15, 0.2) is 0 Å². The van der Waals surface area contributed by atoms with E-state index in [-0.39, 0.29) is 18.9 Å². The summed E-state index contributed by atoms with van der Waals surface area (Å²) < 4.78 is 10.6. The highest BCUT2D eigenvalue weighted by molar-refractivity contribution is 6.33. The lowest BCUT2D eigenvalue weighted by atomic mass is 10.1. The number of halogens is 1. The second-order valence-electron chi connectivity index (χ2n) is 5.69. The van der Waals surface area contributed by atoms with Crippen molar-refractivity contribution in [2.75, 3.05) is 12.4 Å². The van der Waals surface area contributed by atoms with Crippen molar-refractivity contribution in [3.63, 3.8) is 0 Å². The number of aliphatic hydroxyl groups is 1. The van der Waals surface area contributed by atoms with E-state index in [2.05, 4.69) is 5.32 Å². The molecule has 0 saturated carbocycles. The van der Waals surface area contributed by atoms with Crippen molar-refractivity contribution in [2.45, 2.75) is 13.0 Å². The minimum atomic E-state index is -0.185. The van der Waals surface area contributed by atoms with Crippen molar-refractivity contribution in [2.24, 2.45) is 0 Å². The normalized spacial score (nSPS) is 10.6. The van der Waals surface area contributed by atoms with Crippen LogP contribution in [0.4, 0.5) is 5.69 Å². The molecule has 0 atom stereocenters. The Morgan fingerprint density at radius 3 is 2.58 bits per heavy atom. The standard InChI is InChI=1S/C20H18ClNO4/c1-25-15-5-2-13(3-6-15)10-20(24)22-14-4-8-18(21)17(11-14)19-9-7-16(12-23)26-19/h2-9,11,23H,10,12H2,1H3,(H,22,24). The molecule has 2 N–H and O–H groups in total. The molecule has 0 aliphatic heterocycles. The lowest BCUT2D eigenvalue weighted by Crippen LogP contribution is -2.14. The first-order valence-corrected chi connectivity index (χ1v) is 8.39. The van der Waals surface area contributed by atoms with Gasteiger partial charge in [-0.1, -0.05) is 23.7 Å². The molecule has 1 aromatic heterocycles. The Kier molecular flexibility index (Phi) is 5.61. The van der Waals surface area contributed by atoms with Gasteiger partial charge < -0.3 is 19.6 Å². The molecule has 0 aliphatic rings. The number of anilines is 1. The van der Waals surface area contributed by atoms with Gasteiger partial charge in [-0.2, -0.15) is 0 Å². The van der Waals surface area contributed by atoms with Gasteiger partial charge in [0.25, 0.3) is 0 Å². The van der Waals surface area contributed by atoms with Crippen LogP contribution in [0.1, 0.15) is 11.3 Å². The number of rotatable bonds is 6. The highest BCUT2D eigenvalue weighted by atomic mass is 35.5. The van der Waals surface area contributed by atoms with Crippen molar-refractivity contribution in [3.8, 4) is 17.1 Å². The second-order valence-corrected chi connectivity index (χ2v) is 6.10. The van der Waals surface area contributed by atoms with Gasteiger partial charge in [0.1, 0.15) is 23.9 Å². The first-order chi connectivity index (χ1) is 12.6. The number of ether oxygens (including phenoxy) is 1. The van der Waals surface area contributed by atoms with Gasteiger partial charge in [0.05, 0.1) is 18.6 Å². The number of nitrogens with one attached hydrogen (secondary N) is 1. The predicted octanol–water partition coefficient (Wildman–Crippen LogP) is 4.28. The first-order valence-electron chi connectivity index (χ1n) is 8.01. The van der Waals surface area contributed by atoms with Crippen LogP contribution in [0.5, 0.6) is 5.75 Å². The van der Waals surface area contributed by atoms with Crippen LogP contribution in [0.2, 0.25) is 5.02 Å². The average molecular weight is 372 g/mol. The molecule has 0 aliphatic carbocycles. The molecule has 0 radical (unpaired) electrons. The van der Waals surface area contributed by atoms with Crippen LogP contribution in [0.15, 0.2) is 59.0 Å². The average Bonchev–Trinajstić information content (AvgIpc) is 3.13. The Morgan fingerprint density at radius 2 is 1.92 bits per heavy atom. The predicted molar refractivity (Wildman–Crippen MR) is 100 cm³/mol. The number of hydrogen-bond donors (Lipinski definition) is 2. The molecule has 3 aromatic rings. The fourth-order valence-electron chi connectivity index (χ4n) is 2.53. The fourth-order valence-corrected chi connectivity index (χ4v) is 2.74. The molecular formula is C20H18ClNO4. The molecule has 6 heteroatoms. The zero-order valence-electron chi connectivity index (χ0n) is 14.2. The Hall–Kier alpha value is -2.76. The van der Waals surface area contributed by atoms with E-state index in [9.17, 15) is 4.79 Å². The van der Waals surface area contributed by atoms with Crippen LogP contribution >= 0.6 is 11.6 Å². The van der Waals surface area contributed by atoms with E-state index in [1.807, 2.05) is 24.3 Å². The molecule has 3 rings (SSSR count). The van der Waals surface area contributed by atoms with E-state index < -0.39 is 0 Å². The summed E-state index contributed by atoms with van der Waals surface area (Å²) in [6.45, 7) is -0.185. The number of carbonyl (C=O) groups excluding carboxylic acids is 1. The van der Waals surface area contributed by atoms with Gasteiger partial charge in [0, 0.05) is 11.3 Å². The number of carbonyl (C=O) groups is 1. The smallest absolute Gasteiger partial charge is 0.228 e. The van der Waals surface area contributed by atoms with Gasteiger partial charge in [-0.15, -0.1) is 0 Å². The van der Waals surface area contributed by atoms with Gasteiger partial charge in [-0.25, -0.2) is 0 Å². The largest absolute Gasteiger partial charge is 0.497 e. The van der Waals surface area contributed by atoms with Crippen LogP contribution in [-0.4, -0.2) is 18.1 Å². The van der Waals surface area contributed by atoms with Crippen LogP contribution < -0.4 is 10.1 Å². The molecule has 0 spiro atoms. The van der Waals surface area contributed by atoms with E-state index >= 15 is 0 Å². The summed E-state index contributed by atoms with van der Waals surface area (Å²) in [5.41, 5.74) is 2.15.